The van der Waals surface area contributed by atoms with Crippen LogP contribution in [0, 0.1) is 16.7 Å². The van der Waals surface area contributed by atoms with Crippen LogP contribution in [0.2, 0.25) is 0 Å². The molecular weight excluding hydrogens is 332 g/mol. The Morgan fingerprint density at radius 1 is 1.38 bits per heavy atom. The Balaban J connectivity index is 1.70. The number of hydrogen-bond donors (Lipinski definition) is 1. The van der Waals surface area contributed by atoms with Gasteiger partial charge in [-0.3, -0.25) is 9.59 Å². The van der Waals surface area contributed by atoms with E-state index in [1.807, 2.05) is 6.07 Å². The van der Waals surface area contributed by atoms with Crippen LogP contribution in [0.1, 0.15) is 38.8 Å². The summed E-state index contributed by atoms with van der Waals surface area (Å²) >= 11 is 0. The van der Waals surface area contributed by atoms with E-state index in [1.165, 1.54) is 4.90 Å². The van der Waals surface area contributed by atoms with Crippen molar-refractivity contribution in [1.29, 1.82) is 5.26 Å². The predicted molar refractivity (Wildman–Crippen MR) is 95.1 cm³/mol. The first-order chi connectivity index (χ1) is 12.3. The van der Waals surface area contributed by atoms with Gasteiger partial charge in [0, 0.05) is 32.6 Å². The number of nitrogens with one attached hydrogen (secondary N) is 1. The van der Waals surface area contributed by atoms with Crippen LogP contribution in [-0.4, -0.2) is 59.1 Å². The molecule has 8 nitrogen and oxygen atoms in total. The number of hydrogen-bond acceptors (Lipinski definition) is 6. The number of likely N-dealkylation sites (N-methyl/N-ethyl adjacent to an activating group) is 1. The summed E-state index contributed by atoms with van der Waals surface area (Å²) in [5.74, 6) is 0.625. The summed E-state index contributed by atoms with van der Waals surface area (Å²) in [6.45, 7) is 5.73. The van der Waals surface area contributed by atoms with E-state index in [9.17, 15) is 9.59 Å². The standard InChI is InChI=1S/C18H24N6O2/c1-18(2)8-13(20-17(26)14-5-7-16(25)23(14)3)10-24(11-18)15-6-4-12(9-19)21-22-15/h4,6,13-14H,5,7-8,10-11H2,1-3H3,(H,20,26)/t13?,14-/m0/s1. The van der Waals surface area contributed by atoms with Crippen molar-refractivity contribution in [2.75, 3.05) is 25.0 Å². The van der Waals surface area contributed by atoms with E-state index in [0.29, 0.717) is 25.2 Å². The predicted octanol–water partition coefficient (Wildman–Crippen LogP) is 0.690. The van der Waals surface area contributed by atoms with Crippen LogP contribution in [0.3, 0.4) is 0 Å². The number of nitrogens with zero attached hydrogens (tertiary/aromatic N) is 5. The topological polar surface area (TPSA) is 102 Å². The Hall–Kier alpha value is -2.69. The summed E-state index contributed by atoms with van der Waals surface area (Å²) in [4.78, 5) is 27.9. The molecule has 0 spiro atoms. The molecule has 3 heterocycles. The third-order valence-corrected chi connectivity index (χ3v) is 5.09. The van der Waals surface area contributed by atoms with Crippen LogP contribution >= 0.6 is 0 Å². The van der Waals surface area contributed by atoms with Gasteiger partial charge in [0.15, 0.2) is 11.5 Å². The van der Waals surface area contributed by atoms with E-state index < -0.39 is 0 Å². The minimum Gasteiger partial charge on any atom is -0.353 e. The third-order valence-electron chi connectivity index (χ3n) is 5.09. The molecule has 1 unspecified atom stereocenters. The maximum Gasteiger partial charge on any atom is 0.243 e. The molecule has 0 aliphatic carbocycles. The highest BCUT2D eigenvalue weighted by atomic mass is 16.2. The summed E-state index contributed by atoms with van der Waals surface area (Å²) in [7, 11) is 1.68. The van der Waals surface area contributed by atoms with Crippen LogP contribution < -0.4 is 10.2 Å². The Labute approximate surface area is 153 Å². The van der Waals surface area contributed by atoms with Crippen LogP contribution in [0.5, 0.6) is 0 Å². The minimum absolute atomic E-state index is 0.0107. The van der Waals surface area contributed by atoms with Crippen molar-refractivity contribution < 1.29 is 9.59 Å². The molecule has 138 valence electrons. The molecule has 1 aromatic rings. The van der Waals surface area contributed by atoms with E-state index in [-0.39, 0.29) is 35.0 Å². The van der Waals surface area contributed by atoms with Crippen LogP contribution in [0.15, 0.2) is 12.1 Å². The Morgan fingerprint density at radius 3 is 2.73 bits per heavy atom. The number of piperidine rings is 1. The van der Waals surface area contributed by atoms with Crippen molar-refractivity contribution in [3.05, 3.63) is 17.8 Å². The second-order valence-electron chi connectivity index (χ2n) is 7.90. The average Bonchev–Trinajstić information content (AvgIpc) is 2.93. The van der Waals surface area contributed by atoms with Gasteiger partial charge in [-0.05, 0) is 30.4 Å². The molecule has 8 heteroatoms. The molecular formula is C18H24N6O2. The lowest BCUT2D eigenvalue weighted by Crippen LogP contribution is -2.56. The number of rotatable bonds is 3. The van der Waals surface area contributed by atoms with Gasteiger partial charge in [0.25, 0.3) is 0 Å². The fourth-order valence-electron chi connectivity index (χ4n) is 3.88. The summed E-state index contributed by atoms with van der Waals surface area (Å²) < 4.78 is 0. The molecule has 1 N–H and O–H groups in total. The zero-order valence-electron chi connectivity index (χ0n) is 15.4. The molecule has 0 bridgehead atoms. The highest BCUT2D eigenvalue weighted by Crippen LogP contribution is 2.31. The van der Waals surface area contributed by atoms with Crippen molar-refractivity contribution in [3.8, 4) is 6.07 Å². The second-order valence-corrected chi connectivity index (χ2v) is 7.90. The number of amides is 2. The maximum absolute atomic E-state index is 12.6. The molecule has 2 aliphatic rings. The summed E-state index contributed by atoms with van der Waals surface area (Å²) in [5.41, 5.74) is 0.271. The van der Waals surface area contributed by atoms with Gasteiger partial charge in [-0.15, -0.1) is 10.2 Å². The van der Waals surface area contributed by atoms with Crippen molar-refractivity contribution in [3.63, 3.8) is 0 Å². The lowest BCUT2D eigenvalue weighted by Gasteiger charge is -2.43. The lowest BCUT2D eigenvalue weighted by atomic mass is 9.81. The highest BCUT2D eigenvalue weighted by Gasteiger charge is 2.38. The summed E-state index contributed by atoms with van der Waals surface area (Å²) in [5, 5.41) is 20.0. The Morgan fingerprint density at radius 2 is 2.15 bits per heavy atom. The molecule has 2 aliphatic heterocycles. The quantitative estimate of drug-likeness (QED) is 0.855. The van der Waals surface area contributed by atoms with E-state index in [2.05, 4.69) is 34.3 Å². The zero-order valence-corrected chi connectivity index (χ0v) is 15.4. The van der Waals surface area contributed by atoms with Gasteiger partial charge in [-0.2, -0.15) is 5.26 Å². The van der Waals surface area contributed by atoms with Crippen LogP contribution in [0.4, 0.5) is 5.82 Å². The van der Waals surface area contributed by atoms with E-state index in [1.54, 1.807) is 19.2 Å². The summed E-state index contributed by atoms with van der Waals surface area (Å²) in [6.07, 6.45) is 1.85. The fourth-order valence-corrected chi connectivity index (χ4v) is 3.88. The minimum atomic E-state index is -0.379. The molecule has 3 rings (SSSR count). The van der Waals surface area contributed by atoms with Gasteiger partial charge in [-0.25, -0.2) is 0 Å². The van der Waals surface area contributed by atoms with Gasteiger partial charge in [-0.1, -0.05) is 13.8 Å². The number of anilines is 1. The van der Waals surface area contributed by atoms with Gasteiger partial charge in [0.05, 0.1) is 0 Å². The molecule has 1 aromatic heterocycles. The van der Waals surface area contributed by atoms with Gasteiger partial charge < -0.3 is 15.1 Å². The zero-order chi connectivity index (χ0) is 18.9. The fraction of sp³-hybridized carbons (Fsp3) is 0.611. The molecule has 2 saturated heterocycles. The first kappa shape index (κ1) is 18.1. The second kappa shape index (κ2) is 6.90. The molecule has 26 heavy (non-hydrogen) atoms. The SMILES string of the molecule is CN1C(=O)CC[C@H]1C(=O)NC1CN(c2ccc(C#N)nn2)CC(C)(C)C1. The van der Waals surface area contributed by atoms with Gasteiger partial charge in [0.2, 0.25) is 11.8 Å². The number of likely N-dealkylation sites (tertiary alicyclic amines) is 1. The lowest BCUT2D eigenvalue weighted by molar-refractivity contribution is -0.134. The average molecular weight is 356 g/mol. The van der Waals surface area contributed by atoms with E-state index in [4.69, 9.17) is 5.26 Å². The van der Waals surface area contributed by atoms with Crippen molar-refractivity contribution in [2.45, 2.75) is 45.2 Å². The normalized spacial score (nSPS) is 25.1. The van der Waals surface area contributed by atoms with E-state index >= 15 is 0 Å². The first-order valence-corrected chi connectivity index (χ1v) is 8.84. The molecule has 2 amide bonds. The third kappa shape index (κ3) is 3.77. The van der Waals surface area contributed by atoms with E-state index in [0.717, 1.165) is 13.0 Å². The Kier molecular flexibility index (Phi) is 4.81. The largest absolute Gasteiger partial charge is 0.353 e. The van der Waals surface area contributed by atoms with Crippen molar-refractivity contribution in [2.24, 2.45) is 5.41 Å². The molecule has 2 atom stereocenters. The smallest absolute Gasteiger partial charge is 0.243 e. The maximum atomic E-state index is 12.6. The molecule has 0 radical (unpaired) electrons. The van der Waals surface area contributed by atoms with Crippen LogP contribution in [0.25, 0.3) is 0 Å². The number of aromatic nitrogens is 2. The number of carbonyl (C=O) groups is 2. The van der Waals surface area contributed by atoms with Gasteiger partial charge in [0.1, 0.15) is 12.1 Å². The monoisotopic (exact) mass is 356 g/mol. The first-order valence-electron chi connectivity index (χ1n) is 8.84. The Bertz CT molecular complexity index is 739. The van der Waals surface area contributed by atoms with Crippen LogP contribution in [-0.2, 0) is 9.59 Å². The van der Waals surface area contributed by atoms with Crippen molar-refractivity contribution in [1.82, 2.24) is 20.4 Å². The van der Waals surface area contributed by atoms with Crippen molar-refractivity contribution >= 4 is 17.6 Å². The number of nitriles is 1. The van der Waals surface area contributed by atoms with Gasteiger partial charge >= 0.3 is 0 Å². The molecule has 0 aromatic carbocycles. The highest BCUT2D eigenvalue weighted by molar-refractivity contribution is 5.90. The summed E-state index contributed by atoms with van der Waals surface area (Å²) in [6, 6.07) is 4.99. The molecule has 0 saturated carbocycles. The number of carbonyl (C=O) groups excluding carboxylic acids is 2. The molecule has 2 fully saturated rings.